The zero-order chi connectivity index (χ0) is 11.2. The van der Waals surface area contributed by atoms with Gasteiger partial charge in [-0.25, -0.2) is 0 Å². The van der Waals surface area contributed by atoms with E-state index in [2.05, 4.69) is 0 Å². The van der Waals surface area contributed by atoms with Crippen LogP contribution in [0.15, 0.2) is 0 Å². The van der Waals surface area contributed by atoms with Crippen molar-refractivity contribution in [3.05, 3.63) is 0 Å². The summed E-state index contributed by atoms with van der Waals surface area (Å²) in [5, 5.41) is 20.6. The van der Waals surface area contributed by atoms with E-state index in [0.717, 1.165) is 0 Å². The van der Waals surface area contributed by atoms with E-state index in [1.54, 1.807) is 0 Å². The first-order valence-electron chi connectivity index (χ1n) is 5.39. The highest BCUT2D eigenvalue weighted by molar-refractivity contribution is 5.88. The minimum atomic E-state index is -1.21. The lowest BCUT2D eigenvalue weighted by atomic mass is 9.63. The summed E-state index contributed by atoms with van der Waals surface area (Å²) >= 11 is 0. The first-order valence-corrected chi connectivity index (χ1v) is 5.39. The van der Waals surface area contributed by atoms with Crippen molar-refractivity contribution >= 4 is 11.8 Å². The van der Waals surface area contributed by atoms with Crippen LogP contribution in [0.5, 0.6) is 0 Å². The molecule has 0 aromatic heterocycles. The predicted octanol–water partition coefficient (Wildman–Crippen LogP) is -0.507. The second-order valence-electron chi connectivity index (χ2n) is 4.94. The van der Waals surface area contributed by atoms with Crippen LogP contribution in [0.1, 0.15) is 32.6 Å². The number of aliphatic hydroxyl groups excluding tert-OH is 1. The van der Waals surface area contributed by atoms with E-state index in [9.17, 15) is 19.8 Å². The molecule has 4 heteroatoms. The van der Waals surface area contributed by atoms with Gasteiger partial charge in [-0.2, -0.15) is 0 Å². The van der Waals surface area contributed by atoms with Crippen molar-refractivity contribution < 1.29 is 19.8 Å². The minimum Gasteiger partial charge on any atom is -0.550 e. The average molecular weight is 211 g/mol. The summed E-state index contributed by atoms with van der Waals surface area (Å²) in [6.45, 7) is 1.83. The van der Waals surface area contributed by atoms with Crippen molar-refractivity contribution in [3.63, 3.8) is 0 Å². The molecule has 0 spiro atoms. The van der Waals surface area contributed by atoms with Gasteiger partial charge in [0.25, 0.3) is 0 Å². The summed E-state index contributed by atoms with van der Waals surface area (Å²) in [6, 6.07) is 0. The van der Waals surface area contributed by atoms with E-state index in [1.165, 1.54) is 0 Å². The highest BCUT2D eigenvalue weighted by atomic mass is 16.4. The van der Waals surface area contributed by atoms with Crippen LogP contribution < -0.4 is 5.11 Å². The molecule has 0 radical (unpaired) electrons. The standard InChI is InChI=1S/C11H16O4/c1-11-5-4-7(12)9(10(14)15)6(11)2-3-8(11)13/h6-7,9,12H,2-5H2,1H3,(H,14,15)/p-1/t6-,7+,9-,11-/m0/s1. The molecule has 0 aliphatic heterocycles. The minimum absolute atomic E-state index is 0.144. The fraction of sp³-hybridized carbons (Fsp3) is 0.818. The van der Waals surface area contributed by atoms with Gasteiger partial charge in [0, 0.05) is 23.7 Å². The van der Waals surface area contributed by atoms with Crippen LogP contribution in [0.3, 0.4) is 0 Å². The van der Waals surface area contributed by atoms with Gasteiger partial charge in [-0.15, -0.1) is 0 Å². The lowest BCUT2D eigenvalue weighted by molar-refractivity contribution is -0.318. The van der Waals surface area contributed by atoms with Crippen molar-refractivity contribution in [2.24, 2.45) is 17.3 Å². The normalized spacial score (nSPS) is 45.2. The maximum absolute atomic E-state index is 11.7. The Labute approximate surface area is 88.3 Å². The van der Waals surface area contributed by atoms with Crippen LogP contribution in [0.4, 0.5) is 0 Å². The fourth-order valence-corrected chi connectivity index (χ4v) is 3.21. The van der Waals surface area contributed by atoms with Gasteiger partial charge >= 0.3 is 0 Å². The second kappa shape index (κ2) is 3.30. The third-order valence-electron chi connectivity index (χ3n) is 4.22. The van der Waals surface area contributed by atoms with E-state index in [0.29, 0.717) is 25.7 Å². The van der Waals surface area contributed by atoms with Gasteiger partial charge in [0.1, 0.15) is 5.78 Å². The number of aliphatic hydroxyl groups is 1. The first kappa shape index (κ1) is 10.6. The Balaban J connectivity index is 2.33. The van der Waals surface area contributed by atoms with Crippen LogP contribution in [0.2, 0.25) is 0 Å². The van der Waals surface area contributed by atoms with Crippen molar-refractivity contribution in [2.45, 2.75) is 38.7 Å². The number of carboxylic acid groups (broad SMARTS) is 1. The molecule has 0 bridgehead atoms. The van der Waals surface area contributed by atoms with E-state index in [4.69, 9.17) is 0 Å². The molecule has 2 aliphatic carbocycles. The summed E-state index contributed by atoms with van der Waals surface area (Å²) in [5.74, 6) is -2.17. The van der Waals surface area contributed by atoms with Gasteiger partial charge in [-0.3, -0.25) is 4.79 Å². The number of hydrogen-bond acceptors (Lipinski definition) is 4. The topological polar surface area (TPSA) is 77.4 Å². The van der Waals surface area contributed by atoms with Crippen molar-refractivity contribution in [2.75, 3.05) is 0 Å². The Morgan fingerprint density at radius 1 is 1.53 bits per heavy atom. The Morgan fingerprint density at radius 3 is 2.80 bits per heavy atom. The summed E-state index contributed by atoms with van der Waals surface area (Å²) < 4.78 is 0. The van der Waals surface area contributed by atoms with E-state index < -0.39 is 23.4 Å². The molecule has 2 rings (SSSR count). The first-order chi connectivity index (χ1) is 6.97. The average Bonchev–Trinajstić information content (AvgIpc) is 2.44. The van der Waals surface area contributed by atoms with Crippen molar-refractivity contribution in [1.82, 2.24) is 0 Å². The number of Topliss-reactive ketones (excluding diaryl/α,β-unsaturated/α-hetero) is 1. The fourth-order valence-electron chi connectivity index (χ4n) is 3.21. The summed E-state index contributed by atoms with van der Waals surface area (Å²) in [6.07, 6.45) is 1.15. The number of hydrogen-bond donors (Lipinski definition) is 1. The zero-order valence-electron chi connectivity index (χ0n) is 8.73. The molecule has 0 amide bonds. The molecule has 4 nitrogen and oxygen atoms in total. The number of ketones is 1. The SMILES string of the molecule is C[C@]12CC[C@@H](O)[C@@H](C(=O)[O-])[C@@H]1CCC2=O. The van der Waals surface area contributed by atoms with Crippen molar-refractivity contribution in [1.29, 1.82) is 0 Å². The van der Waals surface area contributed by atoms with E-state index in [1.807, 2.05) is 6.92 Å². The van der Waals surface area contributed by atoms with Gasteiger partial charge in [0.2, 0.25) is 0 Å². The molecule has 0 aromatic carbocycles. The summed E-state index contributed by atoms with van der Waals surface area (Å²) in [5.41, 5.74) is -0.538. The quantitative estimate of drug-likeness (QED) is 0.634. The number of fused-ring (bicyclic) bond motifs is 1. The molecule has 2 fully saturated rings. The van der Waals surface area contributed by atoms with Crippen LogP contribution in [-0.4, -0.2) is 23.0 Å². The lowest BCUT2D eigenvalue weighted by Crippen LogP contribution is -2.51. The van der Waals surface area contributed by atoms with Crippen molar-refractivity contribution in [3.8, 4) is 0 Å². The molecule has 4 atom stereocenters. The number of carbonyl (C=O) groups excluding carboxylic acids is 2. The number of rotatable bonds is 1. The van der Waals surface area contributed by atoms with Crippen LogP contribution in [-0.2, 0) is 9.59 Å². The molecule has 0 aromatic rings. The molecule has 84 valence electrons. The molecule has 0 saturated heterocycles. The van der Waals surface area contributed by atoms with Gasteiger partial charge in [0.15, 0.2) is 0 Å². The highest BCUT2D eigenvalue weighted by Gasteiger charge is 2.53. The smallest absolute Gasteiger partial charge is 0.139 e. The molecular formula is C11H15O4-. The van der Waals surface area contributed by atoms with Crippen LogP contribution in [0.25, 0.3) is 0 Å². The van der Waals surface area contributed by atoms with Gasteiger partial charge in [-0.05, 0) is 25.2 Å². The Kier molecular flexibility index (Phi) is 2.34. The molecular weight excluding hydrogens is 196 g/mol. The van der Waals surface area contributed by atoms with Crippen LogP contribution >= 0.6 is 0 Å². The molecule has 15 heavy (non-hydrogen) atoms. The molecule has 2 aliphatic rings. The highest BCUT2D eigenvalue weighted by Crippen LogP contribution is 2.52. The Hall–Kier alpha value is -0.900. The second-order valence-corrected chi connectivity index (χ2v) is 4.94. The van der Waals surface area contributed by atoms with E-state index in [-0.39, 0.29) is 11.7 Å². The Morgan fingerprint density at radius 2 is 2.20 bits per heavy atom. The third kappa shape index (κ3) is 1.39. The summed E-state index contributed by atoms with van der Waals surface area (Å²) in [4.78, 5) is 22.7. The largest absolute Gasteiger partial charge is 0.550 e. The lowest BCUT2D eigenvalue weighted by Gasteiger charge is -2.43. The molecule has 0 unspecified atom stereocenters. The maximum Gasteiger partial charge on any atom is 0.139 e. The number of carbonyl (C=O) groups is 2. The van der Waals surface area contributed by atoms with E-state index >= 15 is 0 Å². The summed E-state index contributed by atoms with van der Waals surface area (Å²) in [7, 11) is 0. The number of carboxylic acids is 1. The molecule has 0 heterocycles. The predicted molar refractivity (Wildman–Crippen MR) is 49.6 cm³/mol. The van der Waals surface area contributed by atoms with Gasteiger partial charge < -0.3 is 15.0 Å². The number of aliphatic carboxylic acids is 1. The molecule has 2 saturated carbocycles. The van der Waals surface area contributed by atoms with Crippen LogP contribution in [0, 0.1) is 17.3 Å². The molecule has 1 N–H and O–H groups in total. The zero-order valence-corrected chi connectivity index (χ0v) is 8.73. The maximum atomic E-state index is 11.7. The van der Waals surface area contributed by atoms with Gasteiger partial charge in [0.05, 0.1) is 6.10 Å². The van der Waals surface area contributed by atoms with Gasteiger partial charge in [-0.1, -0.05) is 6.92 Å². The monoisotopic (exact) mass is 211 g/mol. The Bertz CT molecular complexity index is 312. The third-order valence-corrected chi connectivity index (χ3v) is 4.22.